The lowest BCUT2D eigenvalue weighted by molar-refractivity contribution is -0.118. The van der Waals surface area contributed by atoms with Crippen molar-refractivity contribution in [2.75, 3.05) is 30.9 Å². The van der Waals surface area contributed by atoms with E-state index in [-0.39, 0.29) is 18.3 Å². The summed E-state index contributed by atoms with van der Waals surface area (Å²) < 4.78 is 5.53. The number of hydrogen-bond acceptors (Lipinski definition) is 4. The molecule has 0 aliphatic heterocycles. The van der Waals surface area contributed by atoms with Crippen molar-refractivity contribution < 1.29 is 14.3 Å². The van der Waals surface area contributed by atoms with Crippen LogP contribution in [-0.4, -0.2) is 32.4 Å². The Morgan fingerprint density at radius 2 is 1.88 bits per heavy atom. The molecule has 2 aromatic carbocycles. The second kappa shape index (κ2) is 7.64. The zero-order valence-electron chi connectivity index (χ0n) is 14.4. The highest BCUT2D eigenvalue weighted by molar-refractivity contribution is 5.97. The highest BCUT2D eigenvalue weighted by Gasteiger charge is 2.08. The van der Waals surface area contributed by atoms with Crippen molar-refractivity contribution in [3.63, 3.8) is 0 Å². The van der Waals surface area contributed by atoms with Crippen LogP contribution in [0.25, 0.3) is 0 Å². The number of nitrogens with zero attached hydrogens (tertiary/aromatic N) is 1. The molecule has 0 bridgehead atoms. The van der Waals surface area contributed by atoms with Crippen LogP contribution in [0.1, 0.15) is 22.8 Å². The van der Waals surface area contributed by atoms with Gasteiger partial charge in [0.05, 0.1) is 0 Å². The standard InChI is InChI=1S/C19H22N2O3/c1-13-10-15(8-9-18(13)14(2)22)20-19(23)12-24-17-7-5-6-16(11-17)21(3)4/h5-11H,12H2,1-4H3,(H,20,23). The maximum Gasteiger partial charge on any atom is 0.262 e. The largest absolute Gasteiger partial charge is 0.484 e. The molecule has 0 aliphatic carbocycles. The third-order valence-electron chi connectivity index (χ3n) is 3.59. The summed E-state index contributed by atoms with van der Waals surface area (Å²) in [5.74, 6) is 0.397. The van der Waals surface area contributed by atoms with E-state index in [1.54, 1.807) is 18.2 Å². The molecule has 0 spiro atoms. The summed E-state index contributed by atoms with van der Waals surface area (Å²) >= 11 is 0. The highest BCUT2D eigenvalue weighted by Crippen LogP contribution is 2.19. The predicted molar refractivity (Wildman–Crippen MR) is 96.1 cm³/mol. The second-order valence-corrected chi connectivity index (χ2v) is 5.81. The van der Waals surface area contributed by atoms with Crippen LogP contribution in [-0.2, 0) is 4.79 Å². The quantitative estimate of drug-likeness (QED) is 0.828. The van der Waals surface area contributed by atoms with E-state index in [1.807, 2.05) is 50.2 Å². The number of amides is 1. The fourth-order valence-electron chi connectivity index (χ4n) is 2.33. The topological polar surface area (TPSA) is 58.6 Å². The number of aryl methyl sites for hydroxylation is 1. The van der Waals surface area contributed by atoms with Crippen LogP contribution >= 0.6 is 0 Å². The van der Waals surface area contributed by atoms with E-state index >= 15 is 0 Å². The number of carbonyl (C=O) groups excluding carboxylic acids is 2. The van der Waals surface area contributed by atoms with Crippen molar-refractivity contribution >= 4 is 23.1 Å². The molecule has 5 heteroatoms. The number of carbonyl (C=O) groups is 2. The van der Waals surface area contributed by atoms with Crippen molar-refractivity contribution in [2.24, 2.45) is 0 Å². The molecule has 0 radical (unpaired) electrons. The molecule has 0 saturated carbocycles. The van der Waals surface area contributed by atoms with Gasteiger partial charge in [0.25, 0.3) is 5.91 Å². The molecule has 126 valence electrons. The Bertz CT molecular complexity index is 754. The normalized spacial score (nSPS) is 10.2. The maximum absolute atomic E-state index is 12.0. The fourth-order valence-corrected chi connectivity index (χ4v) is 2.33. The zero-order valence-corrected chi connectivity index (χ0v) is 14.4. The number of ketones is 1. The maximum atomic E-state index is 12.0. The zero-order chi connectivity index (χ0) is 17.7. The van der Waals surface area contributed by atoms with Crippen LogP contribution in [0.15, 0.2) is 42.5 Å². The molecule has 5 nitrogen and oxygen atoms in total. The first kappa shape index (κ1) is 17.5. The van der Waals surface area contributed by atoms with E-state index in [9.17, 15) is 9.59 Å². The molecule has 2 aromatic rings. The minimum Gasteiger partial charge on any atom is -0.484 e. The van der Waals surface area contributed by atoms with Gasteiger partial charge in [0.1, 0.15) is 5.75 Å². The molecule has 2 rings (SSSR count). The average Bonchev–Trinajstić information content (AvgIpc) is 2.53. The molecule has 0 aromatic heterocycles. The van der Waals surface area contributed by atoms with Gasteiger partial charge in [-0.05, 0) is 49.7 Å². The number of hydrogen-bond donors (Lipinski definition) is 1. The molecular formula is C19H22N2O3. The molecule has 0 saturated heterocycles. The van der Waals surface area contributed by atoms with Gasteiger partial charge >= 0.3 is 0 Å². The van der Waals surface area contributed by atoms with Gasteiger partial charge in [-0.2, -0.15) is 0 Å². The summed E-state index contributed by atoms with van der Waals surface area (Å²) in [6, 6.07) is 12.7. The Hall–Kier alpha value is -2.82. The Morgan fingerprint density at radius 3 is 2.50 bits per heavy atom. The van der Waals surface area contributed by atoms with Crippen LogP contribution < -0.4 is 15.0 Å². The van der Waals surface area contributed by atoms with Crippen LogP contribution in [0.3, 0.4) is 0 Å². The van der Waals surface area contributed by atoms with E-state index < -0.39 is 0 Å². The Morgan fingerprint density at radius 1 is 1.12 bits per heavy atom. The van der Waals surface area contributed by atoms with Gasteiger partial charge in [-0.1, -0.05) is 6.07 Å². The molecule has 1 N–H and O–H groups in total. The van der Waals surface area contributed by atoms with Crippen LogP contribution in [0.5, 0.6) is 5.75 Å². The van der Waals surface area contributed by atoms with E-state index in [4.69, 9.17) is 4.74 Å². The number of nitrogens with one attached hydrogen (secondary N) is 1. The summed E-state index contributed by atoms with van der Waals surface area (Å²) in [7, 11) is 3.89. The van der Waals surface area contributed by atoms with Crippen LogP contribution in [0, 0.1) is 6.92 Å². The van der Waals surface area contributed by atoms with Gasteiger partial charge in [0.2, 0.25) is 0 Å². The summed E-state index contributed by atoms with van der Waals surface area (Å²) in [4.78, 5) is 25.4. The molecule has 24 heavy (non-hydrogen) atoms. The van der Waals surface area contributed by atoms with Crippen molar-refractivity contribution in [1.82, 2.24) is 0 Å². The van der Waals surface area contributed by atoms with Crippen molar-refractivity contribution in [3.05, 3.63) is 53.6 Å². The lowest BCUT2D eigenvalue weighted by Crippen LogP contribution is -2.20. The minimum absolute atomic E-state index is 0.00878. The van der Waals surface area contributed by atoms with Crippen molar-refractivity contribution in [2.45, 2.75) is 13.8 Å². The minimum atomic E-state index is -0.250. The predicted octanol–water partition coefficient (Wildman–Crippen LogP) is 3.28. The third kappa shape index (κ3) is 4.59. The van der Waals surface area contributed by atoms with Crippen LogP contribution in [0.4, 0.5) is 11.4 Å². The second-order valence-electron chi connectivity index (χ2n) is 5.81. The number of Topliss-reactive ketones (excluding diaryl/α,β-unsaturated/α-hetero) is 1. The van der Waals surface area contributed by atoms with Gasteiger partial charge in [0, 0.05) is 37.1 Å². The van der Waals surface area contributed by atoms with E-state index in [0.717, 1.165) is 11.3 Å². The summed E-state index contributed by atoms with van der Waals surface area (Å²) in [5.41, 5.74) is 3.14. The molecule has 0 aliphatic rings. The van der Waals surface area contributed by atoms with E-state index in [2.05, 4.69) is 5.32 Å². The first-order chi connectivity index (χ1) is 11.4. The first-order valence-electron chi connectivity index (χ1n) is 7.68. The molecule has 1 amide bonds. The Labute approximate surface area is 142 Å². The Kier molecular flexibility index (Phi) is 5.58. The van der Waals surface area contributed by atoms with E-state index in [1.165, 1.54) is 6.92 Å². The summed E-state index contributed by atoms with van der Waals surface area (Å²) in [6.45, 7) is 3.29. The highest BCUT2D eigenvalue weighted by atomic mass is 16.5. The number of rotatable bonds is 6. The number of ether oxygens (including phenoxy) is 1. The molecule has 0 heterocycles. The average molecular weight is 326 g/mol. The lowest BCUT2D eigenvalue weighted by Gasteiger charge is -2.14. The van der Waals surface area contributed by atoms with Crippen molar-refractivity contribution in [3.8, 4) is 5.75 Å². The number of anilines is 2. The molecule has 0 atom stereocenters. The van der Waals surface area contributed by atoms with Crippen LogP contribution in [0.2, 0.25) is 0 Å². The first-order valence-corrected chi connectivity index (χ1v) is 7.68. The van der Waals surface area contributed by atoms with Gasteiger partial charge in [0.15, 0.2) is 12.4 Å². The smallest absolute Gasteiger partial charge is 0.262 e. The van der Waals surface area contributed by atoms with E-state index in [0.29, 0.717) is 17.0 Å². The molecule has 0 fully saturated rings. The van der Waals surface area contributed by atoms with Crippen molar-refractivity contribution in [1.29, 1.82) is 0 Å². The third-order valence-corrected chi connectivity index (χ3v) is 3.59. The van der Waals surface area contributed by atoms with Gasteiger partial charge in [-0.15, -0.1) is 0 Å². The lowest BCUT2D eigenvalue weighted by atomic mass is 10.0. The monoisotopic (exact) mass is 326 g/mol. The number of benzene rings is 2. The van der Waals surface area contributed by atoms with Gasteiger partial charge in [-0.25, -0.2) is 0 Å². The summed E-state index contributed by atoms with van der Waals surface area (Å²) in [5, 5.41) is 2.77. The molecular weight excluding hydrogens is 304 g/mol. The fraction of sp³-hybridized carbons (Fsp3) is 0.263. The molecule has 0 unspecified atom stereocenters. The van der Waals surface area contributed by atoms with Gasteiger partial charge in [-0.3, -0.25) is 9.59 Å². The van der Waals surface area contributed by atoms with Gasteiger partial charge < -0.3 is 15.0 Å². The Balaban J connectivity index is 1.95. The SMILES string of the molecule is CC(=O)c1ccc(NC(=O)COc2cccc(N(C)C)c2)cc1C. The summed E-state index contributed by atoms with van der Waals surface area (Å²) in [6.07, 6.45) is 0.